The molecule has 0 bridgehead atoms. The number of nitrogens with two attached hydrogens (primary N) is 1. The molecule has 5 rings (SSSR count). The molecular weight excluding hydrogens is 394 g/mol. The summed E-state index contributed by atoms with van der Waals surface area (Å²) >= 11 is 1.65. The summed E-state index contributed by atoms with van der Waals surface area (Å²) in [4.78, 5) is 17.5. The van der Waals surface area contributed by atoms with Gasteiger partial charge in [-0.25, -0.2) is 9.97 Å². The molecule has 146 valence electrons. The SMILES string of the molecule is N=C(C1=NCc2c(-c3ccsc3)ccnc2N1)c1cc(-c2cccnc2)cnc1N. The van der Waals surface area contributed by atoms with Gasteiger partial charge in [0.25, 0.3) is 0 Å². The number of rotatable bonds is 4. The van der Waals surface area contributed by atoms with Crippen molar-refractivity contribution in [1.82, 2.24) is 15.0 Å². The second-order valence-electron chi connectivity index (χ2n) is 6.76. The third kappa shape index (κ3) is 3.23. The number of fused-ring (bicyclic) bond motifs is 1. The molecule has 7 nitrogen and oxygen atoms in total. The highest BCUT2D eigenvalue weighted by Gasteiger charge is 2.22. The lowest BCUT2D eigenvalue weighted by Crippen LogP contribution is -2.28. The summed E-state index contributed by atoms with van der Waals surface area (Å²) in [5.41, 5.74) is 11.8. The van der Waals surface area contributed by atoms with Crippen molar-refractivity contribution < 1.29 is 0 Å². The average Bonchev–Trinajstić information content (AvgIpc) is 3.33. The van der Waals surface area contributed by atoms with Gasteiger partial charge in [0, 0.05) is 47.0 Å². The van der Waals surface area contributed by atoms with Crippen LogP contribution in [0.2, 0.25) is 0 Å². The van der Waals surface area contributed by atoms with Crippen LogP contribution in [0.25, 0.3) is 22.3 Å². The summed E-state index contributed by atoms with van der Waals surface area (Å²) in [6.07, 6.45) is 6.92. The monoisotopic (exact) mass is 411 g/mol. The van der Waals surface area contributed by atoms with Gasteiger partial charge in [0.15, 0.2) is 5.84 Å². The van der Waals surface area contributed by atoms with E-state index in [9.17, 15) is 0 Å². The lowest BCUT2D eigenvalue weighted by molar-refractivity contribution is 1.03. The van der Waals surface area contributed by atoms with E-state index in [4.69, 9.17) is 11.1 Å². The van der Waals surface area contributed by atoms with Crippen LogP contribution in [-0.4, -0.2) is 26.5 Å². The van der Waals surface area contributed by atoms with Gasteiger partial charge in [0.1, 0.15) is 17.3 Å². The molecule has 0 unspecified atom stereocenters. The van der Waals surface area contributed by atoms with Crippen molar-refractivity contribution in [3.63, 3.8) is 0 Å². The number of hydrogen-bond acceptors (Lipinski definition) is 8. The minimum absolute atomic E-state index is 0.180. The van der Waals surface area contributed by atoms with Crippen molar-refractivity contribution in [3.05, 3.63) is 77.0 Å². The fraction of sp³-hybridized carbons (Fsp3) is 0.0455. The number of anilines is 2. The Labute approximate surface area is 176 Å². The Kier molecular flexibility index (Phi) is 4.53. The second kappa shape index (κ2) is 7.49. The first-order valence-corrected chi connectivity index (χ1v) is 10.2. The molecular formula is C22H17N7S. The van der Waals surface area contributed by atoms with Crippen molar-refractivity contribution in [1.29, 1.82) is 5.41 Å². The lowest BCUT2D eigenvalue weighted by Gasteiger charge is -2.20. The Morgan fingerprint density at radius 1 is 1.07 bits per heavy atom. The third-order valence-electron chi connectivity index (χ3n) is 4.94. The van der Waals surface area contributed by atoms with Gasteiger partial charge in [-0.05, 0) is 46.2 Å². The number of thiophene rings is 1. The Morgan fingerprint density at radius 3 is 2.80 bits per heavy atom. The number of nitrogens with one attached hydrogen (secondary N) is 2. The number of nitrogen functional groups attached to an aromatic ring is 1. The van der Waals surface area contributed by atoms with Gasteiger partial charge < -0.3 is 11.1 Å². The molecule has 0 saturated carbocycles. The maximum Gasteiger partial charge on any atom is 0.153 e. The van der Waals surface area contributed by atoms with Crippen molar-refractivity contribution >= 4 is 34.5 Å². The summed E-state index contributed by atoms with van der Waals surface area (Å²) < 4.78 is 0. The topological polar surface area (TPSA) is 113 Å². The van der Waals surface area contributed by atoms with Crippen LogP contribution >= 0.6 is 11.3 Å². The molecule has 1 aliphatic rings. The van der Waals surface area contributed by atoms with Crippen molar-refractivity contribution in [2.45, 2.75) is 6.54 Å². The largest absolute Gasteiger partial charge is 0.383 e. The van der Waals surface area contributed by atoms with E-state index in [0.717, 1.165) is 27.8 Å². The Balaban J connectivity index is 1.47. The van der Waals surface area contributed by atoms with Gasteiger partial charge in [0.05, 0.1) is 6.54 Å². The highest BCUT2D eigenvalue weighted by Crippen LogP contribution is 2.32. The molecule has 1 aliphatic heterocycles. The first kappa shape index (κ1) is 18.1. The summed E-state index contributed by atoms with van der Waals surface area (Å²) in [5, 5.41) is 16.1. The molecule has 4 aromatic rings. The van der Waals surface area contributed by atoms with Crippen molar-refractivity contribution in [2.24, 2.45) is 4.99 Å². The fourth-order valence-electron chi connectivity index (χ4n) is 3.39. The van der Waals surface area contributed by atoms with Crippen molar-refractivity contribution in [2.75, 3.05) is 11.1 Å². The van der Waals surface area contributed by atoms with Crippen molar-refractivity contribution in [3.8, 4) is 22.3 Å². The maximum absolute atomic E-state index is 8.70. The number of hydrogen-bond donors (Lipinski definition) is 3. The van der Waals surface area contributed by atoms with E-state index in [-0.39, 0.29) is 11.5 Å². The molecule has 0 fully saturated rings. The fourth-order valence-corrected chi connectivity index (χ4v) is 4.05. The van der Waals surface area contributed by atoms with Gasteiger partial charge in [-0.15, -0.1) is 0 Å². The van der Waals surface area contributed by atoms with E-state index < -0.39 is 0 Å². The maximum atomic E-state index is 8.70. The van der Waals surface area contributed by atoms with Crippen LogP contribution in [-0.2, 0) is 6.54 Å². The van der Waals surface area contributed by atoms with Crippen LogP contribution in [0.1, 0.15) is 11.1 Å². The zero-order valence-corrected chi connectivity index (χ0v) is 16.6. The minimum Gasteiger partial charge on any atom is -0.383 e. The predicted molar refractivity (Wildman–Crippen MR) is 121 cm³/mol. The molecule has 30 heavy (non-hydrogen) atoms. The van der Waals surface area contributed by atoms with Crippen LogP contribution in [0, 0.1) is 5.41 Å². The van der Waals surface area contributed by atoms with Gasteiger partial charge in [-0.3, -0.25) is 15.4 Å². The zero-order chi connectivity index (χ0) is 20.5. The van der Waals surface area contributed by atoms with Crippen LogP contribution in [0.15, 0.2) is 70.9 Å². The highest BCUT2D eigenvalue weighted by atomic mass is 32.1. The molecule has 8 heteroatoms. The Bertz CT molecular complexity index is 1260. The quantitative estimate of drug-likeness (QED) is 0.435. The number of aliphatic imine (C=N–C) groups is 1. The second-order valence-corrected chi connectivity index (χ2v) is 7.54. The molecule has 0 spiro atoms. The molecule has 0 aromatic carbocycles. The average molecular weight is 411 g/mol. The molecule has 4 N–H and O–H groups in total. The first-order chi connectivity index (χ1) is 14.7. The first-order valence-electron chi connectivity index (χ1n) is 9.28. The summed E-state index contributed by atoms with van der Waals surface area (Å²) in [5.74, 6) is 1.42. The van der Waals surface area contributed by atoms with E-state index in [0.29, 0.717) is 23.8 Å². The number of pyridine rings is 3. The summed E-state index contributed by atoms with van der Waals surface area (Å²) in [6, 6.07) is 9.72. The highest BCUT2D eigenvalue weighted by molar-refractivity contribution is 7.08. The zero-order valence-electron chi connectivity index (χ0n) is 15.8. The van der Waals surface area contributed by atoms with E-state index in [1.807, 2.05) is 29.6 Å². The van der Waals surface area contributed by atoms with Crippen LogP contribution in [0.5, 0.6) is 0 Å². The molecule has 0 atom stereocenters. The van der Waals surface area contributed by atoms with Gasteiger partial charge >= 0.3 is 0 Å². The van der Waals surface area contributed by atoms with Gasteiger partial charge in [0.2, 0.25) is 0 Å². The Hall–Kier alpha value is -3.91. The van der Waals surface area contributed by atoms with E-state index in [2.05, 4.69) is 36.7 Å². The number of aromatic nitrogens is 3. The third-order valence-corrected chi connectivity index (χ3v) is 5.62. The minimum atomic E-state index is 0.180. The van der Waals surface area contributed by atoms with Crippen LogP contribution in [0.3, 0.4) is 0 Å². The normalized spacial score (nSPS) is 12.6. The molecule has 0 saturated heterocycles. The molecule has 0 amide bonds. The molecule has 0 aliphatic carbocycles. The summed E-state index contributed by atoms with van der Waals surface area (Å²) in [7, 11) is 0. The lowest BCUT2D eigenvalue weighted by atomic mass is 10.0. The number of nitrogens with zero attached hydrogens (tertiary/aromatic N) is 4. The van der Waals surface area contributed by atoms with E-state index in [1.54, 1.807) is 36.1 Å². The molecule has 0 radical (unpaired) electrons. The van der Waals surface area contributed by atoms with Gasteiger partial charge in [-0.1, -0.05) is 6.07 Å². The number of amidine groups is 1. The van der Waals surface area contributed by atoms with E-state index >= 15 is 0 Å². The summed E-state index contributed by atoms with van der Waals surface area (Å²) in [6.45, 7) is 0.439. The van der Waals surface area contributed by atoms with Gasteiger partial charge in [-0.2, -0.15) is 11.3 Å². The van der Waals surface area contributed by atoms with Crippen LogP contribution in [0.4, 0.5) is 11.6 Å². The van der Waals surface area contributed by atoms with Crippen LogP contribution < -0.4 is 11.1 Å². The Morgan fingerprint density at radius 2 is 2.00 bits per heavy atom. The predicted octanol–water partition coefficient (Wildman–Crippen LogP) is 4.24. The molecule has 4 aromatic heterocycles. The smallest absolute Gasteiger partial charge is 0.153 e. The van der Waals surface area contributed by atoms with E-state index in [1.165, 1.54) is 0 Å². The molecule has 5 heterocycles. The standard InChI is InChI=1S/C22H17N7S/c23-19(17-8-15(10-27-20(17)24)13-2-1-5-25-9-13)22-28-11-18-16(14-4-7-30-12-14)3-6-26-21(18)29-22/h1-10,12,23H,11H2,(H2,24,27)(H,26,28,29).